The summed E-state index contributed by atoms with van der Waals surface area (Å²) < 4.78 is 33.3. The number of fused-ring (bicyclic) bond motifs is 3. The predicted octanol–water partition coefficient (Wildman–Crippen LogP) is 3.39. The number of halogens is 1. The van der Waals surface area contributed by atoms with Crippen LogP contribution in [0.25, 0.3) is 21.5 Å². The molecular formula is C15H12BrNO4S. The Kier molecular flexibility index (Phi) is 3.58. The minimum absolute atomic E-state index is 0.271. The Morgan fingerprint density at radius 1 is 1.14 bits per heavy atom. The van der Waals surface area contributed by atoms with Gasteiger partial charge >= 0.3 is 0 Å². The van der Waals surface area contributed by atoms with E-state index < -0.39 is 15.4 Å². The summed E-state index contributed by atoms with van der Waals surface area (Å²) in [6.45, 7) is 1.42. The first-order valence-corrected chi connectivity index (χ1v) is 8.78. The van der Waals surface area contributed by atoms with E-state index in [0.717, 1.165) is 15.2 Å². The zero-order valence-electron chi connectivity index (χ0n) is 11.5. The maximum absolute atomic E-state index is 11.5. The second kappa shape index (κ2) is 5.19. The van der Waals surface area contributed by atoms with Gasteiger partial charge in [0.05, 0.1) is 0 Å². The molecule has 0 saturated heterocycles. The molecule has 7 heteroatoms. The number of rotatable bonds is 2. The molecule has 114 valence electrons. The molecule has 0 saturated carbocycles. The molecule has 2 aromatic carbocycles. The number of aromatic amines is 1. The van der Waals surface area contributed by atoms with E-state index in [1.807, 2.05) is 6.07 Å². The normalized spacial score (nSPS) is 13.6. The monoisotopic (exact) mass is 381 g/mol. The van der Waals surface area contributed by atoms with Gasteiger partial charge in [-0.05, 0) is 46.8 Å². The fourth-order valence-corrected chi connectivity index (χ4v) is 3.45. The average molecular weight is 382 g/mol. The van der Waals surface area contributed by atoms with Crippen molar-refractivity contribution in [1.82, 2.24) is 4.98 Å². The third kappa shape index (κ3) is 2.55. The van der Waals surface area contributed by atoms with Gasteiger partial charge in [-0.1, -0.05) is 22.0 Å². The summed E-state index contributed by atoms with van der Waals surface area (Å²) >= 11 is 3.39. The fourth-order valence-electron chi connectivity index (χ4n) is 2.57. The predicted molar refractivity (Wildman–Crippen MR) is 89.7 cm³/mol. The highest BCUT2D eigenvalue weighted by molar-refractivity contribution is 9.10. The van der Waals surface area contributed by atoms with E-state index in [-0.39, 0.29) is 5.56 Å². The average Bonchev–Trinajstić information content (AvgIpc) is 2.44. The highest BCUT2D eigenvalue weighted by Crippen LogP contribution is 2.35. The lowest BCUT2D eigenvalue weighted by molar-refractivity contribution is 0.472. The largest absolute Gasteiger partial charge is 0.328 e. The number of hydrogen-bond acceptors (Lipinski definition) is 3. The number of aromatic nitrogens is 1. The Labute approximate surface area is 134 Å². The van der Waals surface area contributed by atoms with Crippen LogP contribution >= 0.6 is 15.9 Å². The molecule has 1 heterocycles. The minimum atomic E-state index is -4.23. The van der Waals surface area contributed by atoms with E-state index in [1.54, 1.807) is 24.4 Å². The third-order valence-electron chi connectivity index (χ3n) is 3.73. The number of nitrogens with one attached hydrogen (secondary N) is 1. The Bertz CT molecular complexity index is 1060. The van der Waals surface area contributed by atoms with E-state index in [1.165, 1.54) is 13.0 Å². The SMILES string of the molecule is CC(c1cc2cc(=O)[nH]cc2c2cc(Br)ccc12)S(=O)(=O)O. The molecule has 22 heavy (non-hydrogen) atoms. The molecule has 0 aliphatic carbocycles. The molecule has 0 radical (unpaired) electrons. The first kappa shape index (κ1) is 15.2. The van der Waals surface area contributed by atoms with Crippen LogP contribution in [-0.2, 0) is 10.1 Å². The first-order chi connectivity index (χ1) is 10.3. The van der Waals surface area contributed by atoms with Crippen molar-refractivity contribution in [3.63, 3.8) is 0 Å². The van der Waals surface area contributed by atoms with Crippen molar-refractivity contribution in [1.29, 1.82) is 0 Å². The van der Waals surface area contributed by atoms with Crippen LogP contribution in [0, 0.1) is 0 Å². The topological polar surface area (TPSA) is 87.2 Å². The molecule has 3 rings (SSSR count). The van der Waals surface area contributed by atoms with Gasteiger partial charge in [0.15, 0.2) is 0 Å². The van der Waals surface area contributed by atoms with Crippen molar-refractivity contribution in [2.24, 2.45) is 0 Å². The number of pyridine rings is 1. The lowest BCUT2D eigenvalue weighted by atomic mass is 9.97. The van der Waals surface area contributed by atoms with Gasteiger partial charge < -0.3 is 4.98 Å². The van der Waals surface area contributed by atoms with Crippen LogP contribution < -0.4 is 5.56 Å². The first-order valence-electron chi connectivity index (χ1n) is 6.48. The quantitative estimate of drug-likeness (QED) is 0.525. The Morgan fingerprint density at radius 2 is 1.86 bits per heavy atom. The van der Waals surface area contributed by atoms with Gasteiger partial charge in [-0.15, -0.1) is 0 Å². The summed E-state index contributed by atoms with van der Waals surface area (Å²) in [5, 5.41) is 1.86. The van der Waals surface area contributed by atoms with Crippen LogP contribution in [0.3, 0.4) is 0 Å². The summed E-state index contributed by atoms with van der Waals surface area (Å²) in [4.78, 5) is 14.2. The lowest BCUT2D eigenvalue weighted by Gasteiger charge is -2.14. The van der Waals surface area contributed by atoms with E-state index in [0.29, 0.717) is 16.3 Å². The van der Waals surface area contributed by atoms with Gasteiger partial charge in [-0.2, -0.15) is 8.42 Å². The molecule has 3 aromatic rings. The maximum Gasteiger partial charge on any atom is 0.271 e. The van der Waals surface area contributed by atoms with Crippen LogP contribution in [0.4, 0.5) is 0 Å². The molecule has 2 N–H and O–H groups in total. The van der Waals surface area contributed by atoms with Crippen LogP contribution in [-0.4, -0.2) is 18.0 Å². The van der Waals surface area contributed by atoms with Gasteiger partial charge in [0.2, 0.25) is 5.56 Å². The fraction of sp³-hybridized carbons (Fsp3) is 0.133. The van der Waals surface area contributed by atoms with E-state index in [4.69, 9.17) is 0 Å². The lowest BCUT2D eigenvalue weighted by Crippen LogP contribution is -2.09. The van der Waals surface area contributed by atoms with Gasteiger partial charge in [0.1, 0.15) is 5.25 Å². The molecule has 1 unspecified atom stereocenters. The molecule has 0 bridgehead atoms. The summed E-state index contributed by atoms with van der Waals surface area (Å²) in [7, 11) is -4.23. The highest BCUT2D eigenvalue weighted by atomic mass is 79.9. The number of hydrogen-bond donors (Lipinski definition) is 2. The van der Waals surface area contributed by atoms with Crippen molar-refractivity contribution in [2.45, 2.75) is 12.2 Å². The Hall–Kier alpha value is -1.70. The molecule has 5 nitrogen and oxygen atoms in total. The van der Waals surface area contributed by atoms with Crippen molar-refractivity contribution in [2.75, 3.05) is 0 Å². The van der Waals surface area contributed by atoms with Crippen LogP contribution in [0.2, 0.25) is 0 Å². The van der Waals surface area contributed by atoms with Gasteiger partial charge in [0, 0.05) is 22.1 Å². The van der Waals surface area contributed by atoms with E-state index >= 15 is 0 Å². The third-order valence-corrected chi connectivity index (χ3v) is 5.38. The summed E-state index contributed by atoms with van der Waals surface area (Å²) in [6.07, 6.45) is 1.61. The number of benzene rings is 2. The molecule has 0 fully saturated rings. The second-order valence-electron chi connectivity index (χ2n) is 5.11. The summed E-state index contributed by atoms with van der Waals surface area (Å²) in [5.74, 6) is 0. The van der Waals surface area contributed by atoms with Crippen LogP contribution in [0.5, 0.6) is 0 Å². The van der Waals surface area contributed by atoms with Gasteiger partial charge in [-0.25, -0.2) is 0 Å². The standard InChI is InChI=1S/C15H12BrNO4S/c1-8(22(19,20)21)12-4-9-5-15(18)17-7-14(9)13-6-10(16)2-3-11(12)13/h2-8H,1H3,(H,17,18)(H,19,20,21). The molecule has 0 spiro atoms. The van der Waals surface area contributed by atoms with E-state index in [2.05, 4.69) is 20.9 Å². The van der Waals surface area contributed by atoms with Crippen molar-refractivity contribution in [3.05, 3.63) is 56.9 Å². The molecular weight excluding hydrogens is 370 g/mol. The number of H-pyrrole nitrogens is 1. The molecule has 1 aromatic heterocycles. The molecule has 0 aliphatic heterocycles. The van der Waals surface area contributed by atoms with Crippen LogP contribution in [0.1, 0.15) is 17.7 Å². The highest BCUT2D eigenvalue weighted by Gasteiger charge is 2.22. The van der Waals surface area contributed by atoms with Gasteiger partial charge in [0.25, 0.3) is 10.1 Å². The smallest absolute Gasteiger partial charge is 0.271 e. The Morgan fingerprint density at radius 3 is 2.55 bits per heavy atom. The summed E-state index contributed by atoms with van der Waals surface area (Å²) in [6, 6.07) is 8.51. The van der Waals surface area contributed by atoms with Crippen molar-refractivity contribution < 1.29 is 13.0 Å². The minimum Gasteiger partial charge on any atom is -0.328 e. The molecule has 1 atom stereocenters. The Balaban J connectivity index is 2.52. The zero-order chi connectivity index (χ0) is 16.1. The second-order valence-corrected chi connectivity index (χ2v) is 7.77. The summed E-state index contributed by atoms with van der Waals surface area (Å²) in [5.41, 5.74) is 0.190. The molecule has 0 amide bonds. The molecule has 0 aliphatic rings. The van der Waals surface area contributed by atoms with Crippen molar-refractivity contribution in [3.8, 4) is 0 Å². The van der Waals surface area contributed by atoms with Crippen molar-refractivity contribution >= 4 is 47.6 Å². The maximum atomic E-state index is 11.5. The van der Waals surface area contributed by atoms with Gasteiger partial charge in [-0.3, -0.25) is 9.35 Å². The van der Waals surface area contributed by atoms with Crippen LogP contribution in [0.15, 0.2) is 45.8 Å². The van der Waals surface area contributed by atoms with E-state index in [9.17, 15) is 17.8 Å². The zero-order valence-corrected chi connectivity index (χ0v) is 13.9.